The minimum Gasteiger partial charge on any atom is -0.494 e. The molecule has 1 aromatic carbocycles. The molecule has 0 saturated carbocycles. The first-order valence-corrected chi connectivity index (χ1v) is 9.73. The highest BCUT2D eigenvalue weighted by Crippen LogP contribution is 2.23. The molecular weight excluding hydrogens is 308 g/mol. The Morgan fingerprint density at radius 3 is 2.67 bits per heavy atom. The molecule has 0 amide bonds. The Hall–Kier alpha value is -0.760. The molecule has 1 rings (SSSR count). The molecule has 0 aliphatic heterocycles. The largest absolute Gasteiger partial charge is 0.494 e. The van der Waals surface area contributed by atoms with E-state index in [0.717, 1.165) is 11.3 Å². The molecule has 0 aromatic heterocycles. The smallest absolute Gasteiger partial charge is 0.240 e. The molecule has 1 atom stereocenters. The quantitative estimate of drug-likeness (QED) is 0.722. The molecule has 0 aliphatic carbocycles. The summed E-state index contributed by atoms with van der Waals surface area (Å²) < 4.78 is 32.9. The lowest BCUT2D eigenvalue weighted by Gasteiger charge is -2.15. The van der Waals surface area contributed by atoms with Crippen LogP contribution in [0.1, 0.15) is 19.4 Å². The van der Waals surface area contributed by atoms with Crippen molar-refractivity contribution in [2.45, 2.75) is 31.3 Å². The zero-order valence-electron chi connectivity index (χ0n) is 13.0. The summed E-state index contributed by atoms with van der Waals surface area (Å²) in [5.41, 5.74) is 0.833. The summed E-state index contributed by atoms with van der Waals surface area (Å²) >= 11 is 1.61. The lowest BCUT2D eigenvalue weighted by molar-refractivity contribution is 0.335. The van der Waals surface area contributed by atoms with Crippen LogP contribution in [-0.2, 0) is 16.6 Å². The standard InChI is InChI=1S/C14H24N2O3S2/c1-5-19-14-7-6-13(8-12(14)9-15-3)21(17,18)16-11(2)10-20-4/h6-8,11,15-16H,5,9-10H2,1-4H3. The van der Waals surface area contributed by atoms with Gasteiger partial charge in [-0.3, -0.25) is 0 Å². The van der Waals surface area contributed by atoms with Crippen LogP contribution in [0.15, 0.2) is 23.1 Å². The van der Waals surface area contributed by atoms with Crippen LogP contribution in [0.3, 0.4) is 0 Å². The number of hydrogen-bond acceptors (Lipinski definition) is 5. The fourth-order valence-electron chi connectivity index (χ4n) is 1.96. The summed E-state index contributed by atoms with van der Waals surface area (Å²) in [6.45, 7) is 4.86. The Balaban J connectivity index is 3.04. The number of benzene rings is 1. The lowest BCUT2D eigenvalue weighted by atomic mass is 10.2. The Labute approximate surface area is 131 Å². The van der Waals surface area contributed by atoms with Gasteiger partial charge in [0.2, 0.25) is 10.0 Å². The Kier molecular flexibility index (Phi) is 7.51. The van der Waals surface area contributed by atoms with Crippen LogP contribution < -0.4 is 14.8 Å². The molecule has 120 valence electrons. The number of hydrogen-bond donors (Lipinski definition) is 2. The van der Waals surface area contributed by atoms with Gasteiger partial charge in [0.1, 0.15) is 5.75 Å². The maximum absolute atomic E-state index is 12.4. The Morgan fingerprint density at radius 1 is 1.38 bits per heavy atom. The van der Waals surface area contributed by atoms with Gasteiger partial charge in [0.05, 0.1) is 11.5 Å². The van der Waals surface area contributed by atoms with E-state index in [1.54, 1.807) is 30.0 Å². The van der Waals surface area contributed by atoms with Gasteiger partial charge >= 0.3 is 0 Å². The molecule has 0 radical (unpaired) electrons. The van der Waals surface area contributed by atoms with E-state index in [0.29, 0.717) is 18.9 Å². The summed E-state index contributed by atoms with van der Waals surface area (Å²) in [4.78, 5) is 0.268. The number of rotatable bonds is 9. The fourth-order valence-corrected chi connectivity index (χ4v) is 3.95. The monoisotopic (exact) mass is 332 g/mol. The van der Waals surface area contributed by atoms with Crippen molar-refractivity contribution in [3.8, 4) is 5.75 Å². The minimum absolute atomic E-state index is 0.107. The molecule has 0 saturated heterocycles. The van der Waals surface area contributed by atoms with Gasteiger partial charge in [-0.05, 0) is 45.4 Å². The third-order valence-electron chi connectivity index (χ3n) is 2.78. The highest BCUT2D eigenvalue weighted by Gasteiger charge is 2.18. The SMILES string of the molecule is CCOc1ccc(S(=O)(=O)NC(C)CSC)cc1CNC. The lowest BCUT2D eigenvalue weighted by Crippen LogP contribution is -2.34. The zero-order chi connectivity index (χ0) is 15.9. The van der Waals surface area contributed by atoms with Gasteiger partial charge in [0.25, 0.3) is 0 Å². The first-order chi connectivity index (χ1) is 9.94. The van der Waals surface area contributed by atoms with Crippen molar-refractivity contribution in [2.24, 2.45) is 0 Å². The average molecular weight is 332 g/mol. The highest BCUT2D eigenvalue weighted by molar-refractivity contribution is 7.98. The van der Waals surface area contributed by atoms with E-state index in [-0.39, 0.29) is 10.9 Å². The molecule has 0 spiro atoms. The van der Waals surface area contributed by atoms with Crippen molar-refractivity contribution in [1.82, 2.24) is 10.0 Å². The van der Waals surface area contributed by atoms with Gasteiger partial charge in [0, 0.05) is 23.9 Å². The second-order valence-corrected chi connectivity index (χ2v) is 7.34. The molecule has 0 fully saturated rings. The third kappa shape index (κ3) is 5.50. The first-order valence-electron chi connectivity index (χ1n) is 6.86. The maximum atomic E-state index is 12.4. The predicted molar refractivity (Wildman–Crippen MR) is 88.5 cm³/mol. The topological polar surface area (TPSA) is 67.4 Å². The molecule has 0 bridgehead atoms. The van der Waals surface area contributed by atoms with Crippen LogP contribution in [0.5, 0.6) is 5.75 Å². The molecule has 2 N–H and O–H groups in total. The van der Waals surface area contributed by atoms with Gasteiger partial charge in [-0.15, -0.1) is 0 Å². The fraction of sp³-hybridized carbons (Fsp3) is 0.571. The van der Waals surface area contributed by atoms with Crippen LogP contribution in [0.25, 0.3) is 0 Å². The Morgan fingerprint density at radius 2 is 2.10 bits per heavy atom. The van der Waals surface area contributed by atoms with Crippen LogP contribution in [0.4, 0.5) is 0 Å². The predicted octanol–water partition coefficient (Wildman–Crippen LogP) is 1.83. The second kappa shape index (κ2) is 8.63. The average Bonchev–Trinajstić information content (AvgIpc) is 2.40. The Bertz CT molecular complexity index is 547. The van der Waals surface area contributed by atoms with Crippen molar-refractivity contribution in [3.63, 3.8) is 0 Å². The zero-order valence-corrected chi connectivity index (χ0v) is 14.6. The first kappa shape index (κ1) is 18.3. The summed E-state index contributed by atoms with van der Waals surface area (Å²) in [6, 6.07) is 4.85. The summed E-state index contributed by atoms with van der Waals surface area (Å²) in [5, 5.41) is 3.02. The molecule has 21 heavy (non-hydrogen) atoms. The van der Waals surface area contributed by atoms with E-state index in [2.05, 4.69) is 10.0 Å². The molecule has 7 heteroatoms. The van der Waals surface area contributed by atoms with Crippen LogP contribution in [-0.4, -0.2) is 40.1 Å². The van der Waals surface area contributed by atoms with Gasteiger partial charge < -0.3 is 10.1 Å². The molecule has 1 unspecified atom stereocenters. The highest BCUT2D eigenvalue weighted by atomic mass is 32.2. The van der Waals surface area contributed by atoms with Crippen LogP contribution >= 0.6 is 11.8 Å². The molecule has 0 heterocycles. The van der Waals surface area contributed by atoms with Crippen molar-refractivity contribution in [1.29, 1.82) is 0 Å². The summed E-state index contributed by atoms with van der Waals surface area (Å²) in [7, 11) is -1.69. The maximum Gasteiger partial charge on any atom is 0.240 e. The van der Waals surface area contributed by atoms with E-state index in [4.69, 9.17) is 4.74 Å². The van der Waals surface area contributed by atoms with Crippen molar-refractivity contribution in [2.75, 3.05) is 25.7 Å². The van der Waals surface area contributed by atoms with E-state index < -0.39 is 10.0 Å². The number of sulfonamides is 1. The van der Waals surface area contributed by atoms with Crippen LogP contribution in [0, 0.1) is 0 Å². The normalized spacial score (nSPS) is 13.1. The van der Waals surface area contributed by atoms with E-state index in [9.17, 15) is 8.42 Å². The van der Waals surface area contributed by atoms with E-state index in [1.165, 1.54) is 0 Å². The van der Waals surface area contributed by atoms with Gasteiger partial charge in [-0.1, -0.05) is 0 Å². The number of thioether (sulfide) groups is 1. The molecule has 5 nitrogen and oxygen atoms in total. The summed E-state index contributed by atoms with van der Waals surface area (Å²) in [5.74, 6) is 1.45. The van der Waals surface area contributed by atoms with Gasteiger partial charge in [-0.25, -0.2) is 13.1 Å². The van der Waals surface area contributed by atoms with Crippen molar-refractivity contribution in [3.05, 3.63) is 23.8 Å². The molecule has 1 aromatic rings. The third-order valence-corrected chi connectivity index (χ3v) is 5.20. The van der Waals surface area contributed by atoms with E-state index >= 15 is 0 Å². The van der Waals surface area contributed by atoms with Crippen molar-refractivity contribution >= 4 is 21.8 Å². The van der Waals surface area contributed by atoms with E-state index in [1.807, 2.05) is 27.2 Å². The minimum atomic E-state index is -3.50. The number of ether oxygens (including phenoxy) is 1. The molecule has 0 aliphatic rings. The molecular formula is C14H24N2O3S2. The summed E-state index contributed by atoms with van der Waals surface area (Å²) in [6.07, 6.45) is 1.95. The second-order valence-electron chi connectivity index (χ2n) is 4.71. The van der Waals surface area contributed by atoms with Crippen molar-refractivity contribution < 1.29 is 13.2 Å². The van der Waals surface area contributed by atoms with Gasteiger partial charge in [-0.2, -0.15) is 11.8 Å². The van der Waals surface area contributed by atoms with Gasteiger partial charge in [0.15, 0.2) is 0 Å². The number of nitrogens with one attached hydrogen (secondary N) is 2. The van der Waals surface area contributed by atoms with Crippen LogP contribution in [0.2, 0.25) is 0 Å².